The molecule has 2 aromatic carbocycles. The zero-order valence-electron chi connectivity index (χ0n) is 20.5. The molecule has 36 heavy (non-hydrogen) atoms. The van der Waals surface area contributed by atoms with Crippen LogP contribution in [0, 0.1) is 0 Å². The normalized spacial score (nSPS) is 17.4. The zero-order chi connectivity index (χ0) is 25.9. The van der Waals surface area contributed by atoms with Crippen LogP contribution in [-0.4, -0.2) is 75.0 Å². The number of likely N-dealkylation sites (N-methyl/N-ethyl adjacent to an activating group) is 1. The van der Waals surface area contributed by atoms with Crippen LogP contribution in [0.5, 0.6) is 11.5 Å². The summed E-state index contributed by atoms with van der Waals surface area (Å²) in [5, 5.41) is 8.12. The van der Waals surface area contributed by atoms with Gasteiger partial charge in [-0.05, 0) is 36.2 Å². The minimum Gasteiger partial charge on any atom is -0.497 e. The van der Waals surface area contributed by atoms with E-state index in [0.717, 1.165) is 11.3 Å². The maximum atomic E-state index is 13.1. The van der Waals surface area contributed by atoms with Crippen molar-refractivity contribution in [3.63, 3.8) is 0 Å². The predicted octanol–water partition coefficient (Wildman–Crippen LogP) is 0.900. The number of fused-ring (bicyclic) bond motifs is 1. The van der Waals surface area contributed by atoms with Crippen molar-refractivity contribution >= 4 is 23.6 Å². The van der Waals surface area contributed by atoms with Crippen LogP contribution in [0.3, 0.4) is 0 Å². The molecule has 0 spiro atoms. The minimum absolute atomic E-state index is 0.115. The lowest BCUT2D eigenvalue weighted by molar-refractivity contribution is -0.131. The Hall–Kier alpha value is -4.08. The van der Waals surface area contributed by atoms with E-state index in [0.29, 0.717) is 25.3 Å². The molecule has 0 saturated carbocycles. The third kappa shape index (κ3) is 7.72. The second kappa shape index (κ2) is 13.1. The van der Waals surface area contributed by atoms with Crippen molar-refractivity contribution in [3.05, 3.63) is 59.7 Å². The summed E-state index contributed by atoms with van der Waals surface area (Å²) in [6, 6.07) is 13.0. The van der Waals surface area contributed by atoms with Crippen LogP contribution in [0.15, 0.2) is 48.5 Å². The molecule has 192 valence electrons. The Morgan fingerprint density at radius 3 is 2.64 bits per heavy atom. The number of amides is 4. The molecule has 1 aliphatic rings. The summed E-state index contributed by atoms with van der Waals surface area (Å²) in [6.07, 6.45) is 0.409. The molecular weight excluding hydrogens is 464 g/mol. The van der Waals surface area contributed by atoms with Gasteiger partial charge in [-0.15, -0.1) is 0 Å². The van der Waals surface area contributed by atoms with Gasteiger partial charge >= 0.3 is 0 Å². The van der Waals surface area contributed by atoms with Crippen LogP contribution in [-0.2, 0) is 20.8 Å². The van der Waals surface area contributed by atoms with Gasteiger partial charge in [-0.25, -0.2) is 0 Å². The molecule has 0 fully saturated rings. The smallest absolute Gasteiger partial charge is 0.255 e. The maximum Gasteiger partial charge on any atom is 0.255 e. The number of nitrogens with zero attached hydrogens (tertiary/aromatic N) is 1. The Morgan fingerprint density at radius 1 is 1.14 bits per heavy atom. The zero-order valence-corrected chi connectivity index (χ0v) is 20.5. The standard InChI is InChI=1S/C26H32N4O6/c1-30-15-16-36-22-6-4-3-5-20(22)25(33)29-21(17-23(31)27-14-12-24(30)32)26(34)28-13-11-18-7-9-19(35-2)10-8-18/h3-10,21H,11-17H2,1-2H3,(H,27,31)(H,28,34)(H,29,33)/t21-/m0/s1. The molecule has 0 unspecified atom stereocenters. The molecule has 3 N–H and O–H groups in total. The van der Waals surface area contributed by atoms with Crippen LogP contribution < -0.4 is 25.4 Å². The van der Waals surface area contributed by atoms with E-state index in [4.69, 9.17) is 9.47 Å². The van der Waals surface area contributed by atoms with Crippen molar-refractivity contribution in [3.8, 4) is 11.5 Å². The average molecular weight is 497 g/mol. The van der Waals surface area contributed by atoms with Crippen molar-refractivity contribution < 1.29 is 28.7 Å². The Bertz CT molecular complexity index is 1070. The molecule has 0 bridgehead atoms. The van der Waals surface area contributed by atoms with Gasteiger partial charge < -0.3 is 30.3 Å². The van der Waals surface area contributed by atoms with Crippen LogP contribution in [0.1, 0.15) is 28.8 Å². The van der Waals surface area contributed by atoms with Crippen molar-refractivity contribution in [2.75, 3.05) is 40.4 Å². The van der Waals surface area contributed by atoms with Gasteiger partial charge in [-0.3, -0.25) is 19.2 Å². The number of para-hydroxylation sites is 1. The van der Waals surface area contributed by atoms with Gasteiger partial charge in [0.2, 0.25) is 17.7 Å². The first-order valence-corrected chi connectivity index (χ1v) is 11.8. The van der Waals surface area contributed by atoms with Crippen LogP contribution in [0.2, 0.25) is 0 Å². The topological polar surface area (TPSA) is 126 Å². The lowest BCUT2D eigenvalue weighted by atomic mass is 10.1. The fourth-order valence-corrected chi connectivity index (χ4v) is 3.65. The number of carbonyl (C=O) groups excluding carboxylic acids is 4. The van der Waals surface area contributed by atoms with Crippen LogP contribution >= 0.6 is 0 Å². The summed E-state index contributed by atoms with van der Waals surface area (Å²) >= 11 is 0. The highest BCUT2D eigenvalue weighted by atomic mass is 16.5. The first kappa shape index (κ1) is 26.5. The number of carbonyl (C=O) groups is 4. The van der Waals surface area contributed by atoms with E-state index in [1.165, 1.54) is 4.90 Å². The summed E-state index contributed by atoms with van der Waals surface area (Å²) in [7, 11) is 3.24. The molecule has 1 aliphatic heterocycles. The van der Waals surface area contributed by atoms with E-state index < -0.39 is 23.8 Å². The summed E-state index contributed by atoms with van der Waals surface area (Å²) in [6.45, 7) is 0.957. The maximum absolute atomic E-state index is 13.1. The van der Waals surface area contributed by atoms with Gasteiger partial charge in [0.1, 0.15) is 24.1 Å². The highest BCUT2D eigenvalue weighted by Gasteiger charge is 2.26. The predicted molar refractivity (Wildman–Crippen MR) is 133 cm³/mol. The monoisotopic (exact) mass is 496 g/mol. The van der Waals surface area contributed by atoms with Gasteiger partial charge in [0.15, 0.2) is 0 Å². The molecule has 10 heteroatoms. The van der Waals surface area contributed by atoms with Gasteiger partial charge in [0.25, 0.3) is 5.91 Å². The van der Waals surface area contributed by atoms with E-state index in [9.17, 15) is 19.2 Å². The quantitative estimate of drug-likeness (QED) is 0.565. The second-order valence-corrected chi connectivity index (χ2v) is 8.38. The number of methoxy groups -OCH3 is 1. The number of rotatable bonds is 5. The summed E-state index contributed by atoms with van der Waals surface area (Å²) in [5.74, 6) is -0.540. The molecule has 1 atom stereocenters. The SMILES string of the molecule is COc1ccc(CCNC(=O)[C@@H]2CC(=O)NCCC(=O)N(C)CCOc3ccccc3C(=O)N2)cc1. The summed E-state index contributed by atoms with van der Waals surface area (Å²) < 4.78 is 10.9. The number of benzene rings is 2. The number of nitrogens with one attached hydrogen (secondary N) is 3. The molecule has 0 aliphatic carbocycles. The van der Waals surface area contributed by atoms with E-state index in [1.807, 2.05) is 24.3 Å². The number of ether oxygens (including phenoxy) is 2. The summed E-state index contributed by atoms with van der Waals surface area (Å²) in [4.78, 5) is 52.3. The van der Waals surface area contributed by atoms with E-state index >= 15 is 0 Å². The summed E-state index contributed by atoms with van der Waals surface area (Å²) in [5.41, 5.74) is 1.23. The van der Waals surface area contributed by atoms with Crippen molar-refractivity contribution in [2.45, 2.75) is 25.3 Å². The number of hydrogen-bond acceptors (Lipinski definition) is 6. The molecular formula is C26H32N4O6. The largest absolute Gasteiger partial charge is 0.497 e. The van der Waals surface area contributed by atoms with Crippen molar-refractivity contribution in [1.29, 1.82) is 0 Å². The molecule has 2 aromatic rings. The molecule has 0 saturated heterocycles. The molecule has 3 rings (SSSR count). The first-order valence-electron chi connectivity index (χ1n) is 11.8. The first-order chi connectivity index (χ1) is 17.4. The molecule has 1 heterocycles. The molecule has 0 radical (unpaired) electrons. The third-order valence-corrected chi connectivity index (χ3v) is 5.79. The Morgan fingerprint density at radius 2 is 1.89 bits per heavy atom. The average Bonchev–Trinajstić information content (AvgIpc) is 2.88. The fraction of sp³-hybridized carbons (Fsp3) is 0.385. The molecule has 0 aromatic heterocycles. The Balaban J connectivity index is 1.71. The van der Waals surface area contributed by atoms with Gasteiger partial charge in [-0.2, -0.15) is 0 Å². The third-order valence-electron chi connectivity index (χ3n) is 5.79. The van der Waals surface area contributed by atoms with E-state index in [-0.39, 0.29) is 37.5 Å². The second-order valence-electron chi connectivity index (χ2n) is 8.38. The lowest BCUT2D eigenvalue weighted by Crippen LogP contribution is -2.49. The highest BCUT2D eigenvalue weighted by Crippen LogP contribution is 2.18. The van der Waals surface area contributed by atoms with Crippen LogP contribution in [0.25, 0.3) is 0 Å². The fourth-order valence-electron chi connectivity index (χ4n) is 3.65. The van der Waals surface area contributed by atoms with E-state index in [2.05, 4.69) is 16.0 Å². The van der Waals surface area contributed by atoms with Crippen LogP contribution in [0.4, 0.5) is 0 Å². The van der Waals surface area contributed by atoms with Crippen molar-refractivity contribution in [2.24, 2.45) is 0 Å². The van der Waals surface area contributed by atoms with Gasteiger partial charge in [0, 0.05) is 26.6 Å². The van der Waals surface area contributed by atoms with Crippen molar-refractivity contribution in [1.82, 2.24) is 20.9 Å². The molecule has 10 nitrogen and oxygen atoms in total. The lowest BCUT2D eigenvalue weighted by Gasteiger charge is -2.19. The van der Waals surface area contributed by atoms with Gasteiger partial charge in [0.05, 0.1) is 25.6 Å². The molecule has 4 amide bonds. The number of hydrogen-bond donors (Lipinski definition) is 3. The Labute approximate surface area is 210 Å². The minimum atomic E-state index is -1.11. The highest BCUT2D eigenvalue weighted by molar-refractivity contribution is 6.00. The van der Waals surface area contributed by atoms with E-state index in [1.54, 1.807) is 38.4 Å². The Kier molecular flexibility index (Phi) is 9.67. The van der Waals surface area contributed by atoms with Gasteiger partial charge in [-0.1, -0.05) is 24.3 Å².